The highest BCUT2D eigenvalue weighted by molar-refractivity contribution is 5.86. The molecule has 1 aliphatic rings. The first kappa shape index (κ1) is 17.1. The Labute approximate surface area is 109 Å². The van der Waals surface area contributed by atoms with Crippen LogP contribution in [0.4, 0.5) is 0 Å². The van der Waals surface area contributed by atoms with E-state index in [1.165, 1.54) is 0 Å². The first-order valence-electron chi connectivity index (χ1n) is 6.42. The Balaban J connectivity index is 0.000000321. The third-order valence-corrected chi connectivity index (χ3v) is 2.43. The molecule has 3 N–H and O–H groups in total. The molecule has 0 aliphatic heterocycles. The van der Waals surface area contributed by atoms with Crippen LogP contribution in [0.1, 0.15) is 46.5 Å². The Bertz CT molecular complexity index is 266. The lowest BCUT2D eigenvalue weighted by atomic mass is 10.0. The Hall–Kier alpha value is -0.910. The SMILES string of the molecule is CCOC(C)(N)OCC.O=C(O)C1=CCCCC1. The quantitative estimate of drug-likeness (QED) is 0.740. The maximum Gasteiger partial charge on any atom is 0.331 e. The van der Waals surface area contributed by atoms with Crippen molar-refractivity contribution in [3.05, 3.63) is 11.6 Å². The molecule has 1 aliphatic carbocycles. The highest BCUT2D eigenvalue weighted by atomic mass is 16.7. The average molecular weight is 259 g/mol. The van der Waals surface area contributed by atoms with Gasteiger partial charge in [0.15, 0.2) is 0 Å². The second kappa shape index (κ2) is 9.08. The van der Waals surface area contributed by atoms with Gasteiger partial charge < -0.3 is 14.6 Å². The minimum Gasteiger partial charge on any atom is -0.478 e. The summed E-state index contributed by atoms with van der Waals surface area (Å²) in [6.07, 6.45) is 5.72. The molecule has 0 amide bonds. The monoisotopic (exact) mass is 259 g/mol. The summed E-state index contributed by atoms with van der Waals surface area (Å²) in [4.78, 5) is 10.3. The molecule has 0 saturated heterocycles. The molecule has 0 atom stereocenters. The number of rotatable bonds is 5. The topological polar surface area (TPSA) is 81.8 Å². The van der Waals surface area contributed by atoms with E-state index in [0.717, 1.165) is 25.7 Å². The van der Waals surface area contributed by atoms with E-state index in [1.54, 1.807) is 6.92 Å². The minimum absolute atomic E-state index is 0.576. The zero-order chi connectivity index (χ0) is 14.0. The van der Waals surface area contributed by atoms with Gasteiger partial charge in [0.05, 0.1) is 0 Å². The number of carbonyl (C=O) groups is 1. The predicted octanol–water partition coefficient (Wildman–Crippen LogP) is 2.26. The van der Waals surface area contributed by atoms with Gasteiger partial charge in [-0.05, 0) is 39.5 Å². The van der Waals surface area contributed by atoms with Crippen LogP contribution in [0.15, 0.2) is 11.6 Å². The van der Waals surface area contributed by atoms with Crippen LogP contribution in [0.5, 0.6) is 0 Å². The van der Waals surface area contributed by atoms with Crippen molar-refractivity contribution in [1.82, 2.24) is 0 Å². The number of hydrogen-bond donors (Lipinski definition) is 2. The van der Waals surface area contributed by atoms with Gasteiger partial charge in [0.1, 0.15) is 0 Å². The second-order valence-corrected chi connectivity index (χ2v) is 4.16. The molecular weight excluding hydrogens is 234 g/mol. The van der Waals surface area contributed by atoms with E-state index in [4.69, 9.17) is 20.3 Å². The fourth-order valence-corrected chi connectivity index (χ4v) is 1.65. The standard InChI is InChI=1S/C7H10O2.C6H15NO2/c8-7(9)6-4-2-1-3-5-6;1-4-8-6(3,7)9-5-2/h4H,1-3,5H2,(H,8,9);4-5,7H2,1-3H3. The zero-order valence-corrected chi connectivity index (χ0v) is 11.6. The van der Waals surface area contributed by atoms with Crippen molar-refractivity contribution in [2.75, 3.05) is 13.2 Å². The Morgan fingerprint density at radius 1 is 1.39 bits per heavy atom. The van der Waals surface area contributed by atoms with Crippen LogP contribution in [-0.2, 0) is 14.3 Å². The molecule has 0 heterocycles. The van der Waals surface area contributed by atoms with Crippen LogP contribution < -0.4 is 5.73 Å². The van der Waals surface area contributed by atoms with Gasteiger partial charge in [0.2, 0.25) is 5.91 Å². The van der Waals surface area contributed by atoms with Crippen molar-refractivity contribution in [2.45, 2.75) is 52.4 Å². The molecular formula is C13H25NO4. The average Bonchev–Trinajstić information content (AvgIpc) is 2.30. The van der Waals surface area contributed by atoms with Gasteiger partial charge in [-0.15, -0.1) is 0 Å². The first-order chi connectivity index (χ1) is 8.43. The van der Waals surface area contributed by atoms with E-state index in [1.807, 2.05) is 19.9 Å². The second-order valence-electron chi connectivity index (χ2n) is 4.16. The molecule has 0 aromatic heterocycles. The summed E-state index contributed by atoms with van der Waals surface area (Å²) in [6.45, 7) is 6.61. The largest absolute Gasteiger partial charge is 0.478 e. The van der Waals surface area contributed by atoms with Gasteiger partial charge in [-0.3, -0.25) is 5.73 Å². The fraction of sp³-hybridized carbons (Fsp3) is 0.769. The zero-order valence-electron chi connectivity index (χ0n) is 11.6. The van der Waals surface area contributed by atoms with Crippen LogP contribution in [-0.4, -0.2) is 30.2 Å². The van der Waals surface area contributed by atoms with Crippen molar-refractivity contribution in [2.24, 2.45) is 5.73 Å². The lowest BCUT2D eigenvalue weighted by molar-refractivity contribution is -0.216. The number of carboxylic acids is 1. The predicted molar refractivity (Wildman–Crippen MR) is 70.0 cm³/mol. The van der Waals surface area contributed by atoms with Crippen LogP contribution in [0.2, 0.25) is 0 Å². The summed E-state index contributed by atoms with van der Waals surface area (Å²) in [5, 5.41) is 8.47. The molecule has 0 bridgehead atoms. The summed E-state index contributed by atoms with van der Waals surface area (Å²) < 4.78 is 10.1. The maximum absolute atomic E-state index is 10.3. The number of aliphatic carboxylic acids is 1. The lowest BCUT2D eigenvalue weighted by Crippen LogP contribution is -2.42. The van der Waals surface area contributed by atoms with Crippen molar-refractivity contribution >= 4 is 5.97 Å². The Kier molecular flexibility index (Phi) is 8.62. The molecule has 0 radical (unpaired) electrons. The first-order valence-corrected chi connectivity index (χ1v) is 6.42. The molecule has 106 valence electrons. The summed E-state index contributed by atoms with van der Waals surface area (Å²) >= 11 is 0. The summed E-state index contributed by atoms with van der Waals surface area (Å²) in [5.74, 6) is -1.64. The van der Waals surface area contributed by atoms with Crippen LogP contribution in [0.25, 0.3) is 0 Å². The van der Waals surface area contributed by atoms with E-state index in [-0.39, 0.29) is 0 Å². The molecule has 5 nitrogen and oxygen atoms in total. The van der Waals surface area contributed by atoms with E-state index < -0.39 is 11.9 Å². The van der Waals surface area contributed by atoms with Gasteiger partial charge in [-0.1, -0.05) is 6.08 Å². The molecule has 0 aromatic carbocycles. The van der Waals surface area contributed by atoms with E-state index in [2.05, 4.69) is 0 Å². The van der Waals surface area contributed by atoms with Gasteiger partial charge in [-0.2, -0.15) is 0 Å². The normalized spacial score (nSPS) is 15.4. The summed E-state index contributed by atoms with van der Waals surface area (Å²) in [6, 6.07) is 0. The molecule has 0 unspecified atom stereocenters. The van der Waals surface area contributed by atoms with Crippen molar-refractivity contribution in [1.29, 1.82) is 0 Å². The van der Waals surface area contributed by atoms with Crippen molar-refractivity contribution in [3.63, 3.8) is 0 Å². The fourth-order valence-electron chi connectivity index (χ4n) is 1.65. The molecule has 0 spiro atoms. The smallest absolute Gasteiger partial charge is 0.331 e. The minimum atomic E-state index is -0.899. The molecule has 0 fully saturated rings. The van der Waals surface area contributed by atoms with Gasteiger partial charge in [0, 0.05) is 25.7 Å². The lowest BCUT2D eigenvalue weighted by Gasteiger charge is -2.23. The summed E-state index contributed by atoms with van der Waals surface area (Å²) in [5.41, 5.74) is 6.09. The van der Waals surface area contributed by atoms with E-state index in [9.17, 15) is 4.79 Å². The Morgan fingerprint density at radius 3 is 2.22 bits per heavy atom. The van der Waals surface area contributed by atoms with Crippen LogP contribution in [0.3, 0.4) is 0 Å². The van der Waals surface area contributed by atoms with E-state index in [0.29, 0.717) is 18.8 Å². The number of ether oxygens (including phenoxy) is 2. The van der Waals surface area contributed by atoms with Crippen molar-refractivity contribution < 1.29 is 19.4 Å². The highest BCUT2D eigenvalue weighted by Gasteiger charge is 2.16. The highest BCUT2D eigenvalue weighted by Crippen LogP contribution is 2.16. The van der Waals surface area contributed by atoms with Gasteiger partial charge >= 0.3 is 5.97 Å². The van der Waals surface area contributed by atoms with Crippen LogP contribution >= 0.6 is 0 Å². The molecule has 0 saturated carbocycles. The molecule has 1 rings (SSSR count). The van der Waals surface area contributed by atoms with Crippen LogP contribution in [0, 0.1) is 0 Å². The van der Waals surface area contributed by atoms with E-state index >= 15 is 0 Å². The number of nitrogens with two attached hydrogens (primary N) is 1. The molecule has 5 heteroatoms. The van der Waals surface area contributed by atoms with Crippen molar-refractivity contribution in [3.8, 4) is 0 Å². The third kappa shape index (κ3) is 8.22. The number of hydrogen-bond acceptors (Lipinski definition) is 4. The Morgan fingerprint density at radius 2 is 1.94 bits per heavy atom. The van der Waals surface area contributed by atoms with Gasteiger partial charge in [0.25, 0.3) is 0 Å². The number of carboxylic acid groups (broad SMARTS) is 1. The number of allylic oxidation sites excluding steroid dienone is 1. The molecule has 0 aromatic rings. The summed E-state index contributed by atoms with van der Waals surface area (Å²) in [7, 11) is 0. The third-order valence-electron chi connectivity index (χ3n) is 2.43. The maximum atomic E-state index is 10.3. The molecule has 18 heavy (non-hydrogen) atoms. The van der Waals surface area contributed by atoms with Gasteiger partial charge in [-0.25, -0.2) is 4.79 Å².